The van der Waals surface area contributed by atoms with Gasteiger partial charge in [-0.15, -0.1) is 0 Å². The number of pyridine rings is 2. The van der Waals surface area contributed by atoms with E-state index in [9.17, 15) is 9.11 Å². The zero-order chi connectivity index (χ0) is 18.9. The Balaban J connectivity index is 1.76. The summed E-state index contributed by atoms with van der Waals surface area (Å²) < 4.78 is 21.1. The number of nitrogens with one attached hydrogen (secondary N) is 1. The second-order valence-corrected chi connectivity index (χ2v) is 8.65. The summed E-state index contributed by atoms with van der Waals surface area (Å²) in [5.41, 5.74) is 2.55. The molecule has 0 fully saturated rings. The van der Waals surface area contributed by atoms with E-state index in [0.717, 1.165) is 28.0 Å². The Bertz CT molecular complexity index is 967. The minimum atomic E-state index is -2.81. The van der Waals surface area contributed by atoms with Crippen molar-refractivity contribution in [1.82, 2.24) is 9.97 Å². The van der Waals surface area contributed by atoms with E-state index in [-0.39, 0.29) is 12.4 Å². The molecule has 0 saturated heterocycles. The molecule has 142 valence electrons. The largest absolute Gasteiger partial charge is 0.395 e. The van der Waals surface area contributed by atoms with Crippen LogP contribution in [-0.2, 0) is 6.54 Å². The lowest BCUT2D eigenvalue weighted by atomic mass is 10.2. The summed E-state index contributed by atoms with van der Waals surface area (Å²) in [6, 6.07) is 11.2. The van der Waals surface area contributed by atoms with Crippen molar-refractivity contribution in [1.29, 1.82) is 0 Å². The van der Waals surface area contributed by atoms with Crippen molar-refractivity contribution in [3.63, 3.8) is 0 Å². The van der Waals surface area contributed by atoms with E-state index >= 15 is 0 Å². The molecule has 0 aliphatic carbocycles. The van der Waals surface area contributed by atoms with Crippen molar-refractivity contribution in [2.45, 2.75) is 11.4 Å². The van der Waals surface area contributed by atoms with Gasteiger partial charge in [0.15, 0.2) is 0 Å². The molecule has 4 rings (SSSR count). The standard InChI is InChI=1S/C19H22N4O3S/c24-9-7-21-17-11-19(22-16-5-6-20-12-15(16)17)23-8-10-27(25,26)18-4-2-1-3-14(18)13-23/h1-6,11-12,24-26H,7-10,13H2,(H,21,22). The Kier molecular flexibility index (Phi) is 4.88. The number of fused-ring (bicyclic) bond motifs is 2. The molecule has 0 atom stereocenters. The molecular weight excluding hydrogens is 364 g/mol. The quantitative estimate of drug-likeness (QED) is 0.546. The van der Waals surface area contributed by atoms with Crippen molar-refractivity contribution in [2.75, 3.05) is 35.7 Å². The SMILES string of the molecule is OCCNc1cc(N2CCS(O)(O)c3ccccc3C2)nc2ccncc12. The first-order chi connectivity index (χ1) is 13.1. The number of anilines is 2. The Morgan fingerprint density at radius 1 is 1.19 bits per heavy atom. The van der Waals surface area contributed by atoms with E-state index in [0.29, 0.717) is 24.5 Å². The molecule has 1 aliphatic heterocycles. The van der Waals surface area contributed by atoms with E-state index in [1.54, 1.807) is 18.5 Å². The van der Waals surface area contributed by atoms with Gasteiger partial charge in [-0.25, -0.2) is 4.98 Å². The van der Waals surface area contributed by atoms with E-state index in [1.165, 1.54) is 0 Å². The van der Waals surface area contributed by atoms with Crippen LogP contribution in [0.25, 0.3) is 10.9 Å². The van der Waals surface area contributed by atoms with E-state index in [4.69, 9.17) is 10.1 Å². The average molecular weight is 386 g/mol. The molecule has 0 spiro atoms. The van der Waals surface area contributed by atoms with Gasteiger partial charge in [0.25, 0.3) is 0 Å². The third-order valence-electron chi connectivity index (χ3n) is 4.68. The minimum absolute atomic E-state index is 0.0252. The van der Waals surface area contributed by atoms with Crippen LogP contribution in [0, 0.1) is 0 Å². The number of nitrogens with zero attached hydrogens (tertiary/aromatic N) is 3. The van der Waals surface area contributed by atoms with E-state index < -0.39 is 10.6 Å². The molecule has 7 nitrogen and oxygen atoms in total. The molecule has 27 heavy (non-hydrogen) atoms. The number of hydrogen-bond acceptors (Lipinski definition) is 7. The van der Waals surface area contributed by atoms with Crippen LogP contribution in [0.3, 0.4) is 0 Å². The third-order valence-corrected chi connectivity index (χ3v) is 6.53. The maximum absolute atomic E-state index is 10.6. The van der Waals surface area contributed by atoms with Crippen LogP contribution in [0.1, 0.15) is 5.56 Å². The number of rotatable bonds is 4. The molecule has 4 N–H and O–H groups in total. The van der Waals surface area contributed by atoms with Crippen LogP contribution >= 0.6 is 10.6 Å². The first-order valence-electron chi connectivity index (χ1n) is 8.77. The van der Waals surface area contributed by atoms with Crippen LogP contribution in [0.4, 0.5) is 11.5 Å². The van der Waals surface area contributed by atoms with Gasteiger partial charge in [-0.2, -0.15) is 10.6 Å². The van der Waals surface area contributed by atoms with Gasteiger partial charge in [-0.1, -0.05) is 18.2 Å². The maximum Gasteiger partial charge on any atom is 0.131 e. The molecule has 0 amide bonds. The van der Waals surface area contributed by atoms with Gasteiger partial charge in [0.1, 0.15) is 5.82 Å². The Hall–Kier alpha value is -2.39. The summed E-state index contributed by atoms with van der Waals surface area (Å²) in [7, 11) is -2.81. The van der Waals surface area contributed by atoms with Gasteiger partial charge in [0.05, 0.1) is 22.8 Å². The average Bonchev–Trinajstić information content (AvgIpc) is 2.82. The lowest BCUT2D eigenvalue weighted by molar-refractivity contribution is 0.311. The smallest absolute Gasteiger partial charge is 0.131 e. The van der Waals surface area contributed by atoms with Gasteiger partial charge >= 0.3 is 0 Å². The van der Waals surface area contributed by atoms with E-state index in [2.05, 4.69) is 15.2 Å². The molecule has 1 aliphatic rings. The molecule has 3 aromatic rings. The molecule has 0 radical (unpaired) electrons. The van der Waals surface area contributed by atoms with Gasteiger partial charge in [0.2, 0.25) is 0 Å². The van der Waals surface area contributed by atoms with Gasteiger partial charge in [0, 0.05) is 49.2 Å². The fourth-order valence-corrected chi connectivity index (χ4v) is 4.88. The summed E-state index contributed by atoms with van der Waals surface area (Å²) in [4.78, 5) is 11.6. The highest BCUT2D eigenvalue weighted by Gasteiger charge is 2.26. The molecule has 3 heterocycles. The Labute approximate surface area is 159 Å². The van der Waals surface area contributed by atoms with Gasteiger partial charge in [-0.3, -0.25) is 14.1 Å². The molecule has 0 unspecified atom stereocenters. The van der Waals surface area contributed by atoms with Gasteiger partial charge < -0.3 is 15.3 Å². The number of hydrogen-bond donors (Lipinski definition) is 4. The van der Waals surface area contributed by atoms with Crippen LogP contribution in [0.2, 0.25) is 0 Å². The van der Waals surface area contributed by atoms with Crippen molar-refractivity contribution >= 4 is 33.0 Å². The lowest BCUT2D eigenvalue weighted by Gasteiger charge is -2.32. The van der Waals surface area contributed by atoms with Crippen molar-refractivity contribution in [2.24, 2.45) is 0 Å². The predicted octanol–water partition coefficient (Wildman–Crippen LogP) is 3.16. The summed E-state index contributed by atoms with van der Waals surface area (Å²) in [5.74, 6) is 1.01. The molecule has 1 aromatic carbocycles. The normalized spacial score (nSPS) is 17.2. The third kappa shape index (κ3) is 3.57. The first kappa shape index (κ1) is 18.0. The first-order valence-corrected chi connectivity index (χ1v) is 10.5. The maximum atomic E-state index is 10.6. The highest BCUT2D eigenvalue weighted by Crippen LogP contribution is 2.51. The minimum Gasteiger partial charge on any atom is -0.395 e. The van der Waals surface area contributed by atoms with Crippen molar-refractivity contribution in [3.8, 4) is 0 Å². The number of benzene rings is 1. The molecule has 8 heteroatoms. The Morgan fingerprint density at radius 2 is 2.04 bits per heavy atom. The summed E-state index contributed by atoms with van der Waals surface area (Å²) in [6.45, 7) is 1.49. The van der Waals surface area contributed by atoms with Crippen LogP contribution in [-0.4, -0.2) is 49.6 Å². The van der Waals surface area contributed by atoms with Crippen LogP contribution in [0.5, 0.6) is 0 Å². The predicted molar refractivity (Wildman–Crippen MR) is 109 cm³/mol. The second-order valence-electron chi connectivity index (χ2n) is 6.47. The second kappa shape index (κ2) is 7.32. The lowest BCUT2D eigenvalue weighted by Crippen LogP contribution is -2.26. The van der Waals surface area contributed by atoms with Gasteiger partial charge in [-0.05, 0) is 17.7 Å². The summed E-state index contributed by atoms with van der Waals surface area (Å²) in [5, 5.41) is 13.3. The van der Waals surface area contributed by atoms with Crippen LogP contribution < -0.4 is 10.2 Å². The molecule has 2 aromatic heterocycles. The van der Waals surface area contributed by atoms with Crippen LogP contribution in [0.15, 0.2) is 53.7 Å². The molecule has 0 saturated carbocycles. The topological polar surface area (TPSA) is 102 Å². The fourth-order valence-electron chi connectivity index (χ4n) is 3.33. The zero-order valence-electron chi connectivity index (χ0n) is 14.7. The molecular formula is C19H22N4O3S. The number of aliphatic hydroxyl groups is 1. The van der Waals surface area contributed by atoms with Crippen molar-refractivity contribution < 1.29 is 14.2 Å². The monoisotopic (exact) mass is 386 g/mol. The molecule has 0 bridgehead atoms. The Morgan fingerprint density at radius 3 is 2.89 bits per heavy atom. The van der Waals surface area contributed by atoms with E-state index in [1.807, 2.05) is 30.3 Å². The zero-order valence-corrected chi connectivity index (χ0v) is 15.6. The highest BCUT2D eigenvalue weighted by molar-refractivity contribution is 8.24. The summed E-state index contributed by atoms with van der Waals surface area (Å²) in [6.07, 6.45) is 3.45. The van der Waals surface area contributed by atoms with Crippen molar-refractivity contribution in [3.05, 3.63) is 54.4 Å². The number of aliphatic hydroxyl groups excluding tert-OH is 1. The fraction of sp³-hybridized carbons (Fsp3) is 0.263. The highest BCUT2D eigenvalue weighted by atomic mass is 32.3. The summed E-state index contributed by atoms with van der Waals surface area (Å²) >= 11 is 0. The number of aromatic nitrogens is 2.